The average Bonchev–Trinajstić information content (AvgIpc) is 3.38. The van der Waals surface area contributed by atoms with Gasteiger partial charge < -0.3 is 24.1 Å². The van der Waals surface area contributed by atoms with Crippen LogP contribution in [0.3, 0.4) is 0 Å². The van der Waals surface area contributed by atoms with Crippen LogP contribution in [0.15, 0.2) is 65.3 Å². The number of rotatable bonds is 9. The lowest BCUT2D eigenvalue weighted by Gasteiger charge is -2.20. The molecule has 11 heteroatoms. The molecule has 0 fully saturated rings. The minimum Gasteiger partial charge on any atom is -0.477 e. The molecule has 0 atom stereocenters. The number of carbonyl (C=O) groups is 3. The third kappa shape index (κ3) is 5.57. The van der Waals surface area contributed by atoms with Crippen molar-refractivity contribution in [2.24, 2.45) is 0 Å². The number of nitrogens with one attached hydrogen (secondary N) is 1. The normalized spacial score (nSPS) is 10.3. The minimum atomic E-state index is -0.743. The van der Waals surface area contributed by atoms with Crippen LogP contribution in [0.25, 0.3) is 0 Å². The van der Waals surface area contributed by atoms with Gasteiger partial charge in [-0.1, -0.05) is 12.1 Å². The monoisotopic (exact) mass is 467 g/mol. The van der Waals surface area contributed by atoms with Crippen LogP contribution in [0, 0.1) is 10.1 Å². The zero-order chi connectivity index (χ0) is 24.7. The van der Waals surface area contributed by atoms with Crippen molar-refractivity contribution in [2.45, 2.75) is 6.54 Å². The summed E-state index contributed by atoms with van der Waals surface area (Å²) in [6.07, 6.45) is 1.50. The lowest BCUT2D eigenvalue weighted by Crippen LogP contribution is -2.33. The van der Waals surface area contributed by atoms with E-state index in [1.807, 2.05) is 0 Å². The third-order valence-corrected chi connectivity index (χ3v) is 4.82. The highest BCUT2D eigenvalue weighted by atomic mass is 16.6. The lowest BCUT2D eigenvalue weighted by atomic mass is 10.1. The summed E-state index contributed by atoms with van der Waals surface area (Å²) in [5.41, 5.74) is 0.0532. The van der Waals surface area contributed by atoms with Crippen molar-refractivity contribution in [2.75, 3.05) is 25.7 Å². The number of hydrogen-bond acceptors (Lipinski definition) is 8. The van der Waals surface area contributed by atoms with Gasteiger partial charge in [0.15, 0.2) is 12.4 Å². The molecule has 176 valence electrons. The smallest absolute Gasteiger partial charge is 0.338 e. The maximum absolute atomic E-state index is 12.7. The Labute approximate surface area is 194 Å². The van der Waals surface area contributed by atoms with E-state index in [-0.39, 0.29) is 23.4 Å². The molecule has 0 unspecified atom stereocenters. The summed E-state index contributed by atoms with van der Waals surface area (Å²) in [5.74, 6) is -1.33. The van der Waals surface area contributed by atoms with E-state index in [0.29, 0.717) is 11.4 Å². The molecule has 0 bridgehead atoms. The molecule has 2 aromatic carbocycles. The number of benzene rings is 2. The number of amides is 2. The Kier molecular flexibility index (Phi) is 7.60. The van der Waals surface area contributed by atoms with Crippen LogP contribution in [0.4, 0.5) is 11.4 Å². The summed E-state index contributed by atoms with van der Waals surface area (Å²) >= 11 is 0. The molecule has 3 rings (SSSR count). The highest BCUT2D eigenvalue weighted by Gasteiger charge is 2.22. The SMILES string of the molecule is COC(=O)c1ccc(OCC(=O)N(C)c2ccccc2C(=O)NCc2ccco2)c([N+](=O)[O-])c1. The molecule has 1 aromatic heterocycles. The topological polar surface area (TPSA) is 141 Å². The van der Waals surface area contributed by atoms with Gasteiger partial charge in [0.25, 0.3) is 11.8 Å². The van der Waals surface area contributed by atoms with Crippen molar-refractivity contribution in [1.29, 1.82) is 0 Å². The Morgan fingerprint density at radius 2 is 1.88 bits per heavy atom. The molecule has 0 aliphatic heterocycles. The first-order valence-electron chi connectivity index (χ1n) is 9.97. The van der Waals surface area contributed by atoms with E-state index in [1.165, 1.54) is 30.3 Å². The molecule has 0 aliphatic carbocycles. The predicted octanol–water partition coefficient (Wildman–Crippen LogP) is 2.95. The number of anilines is 1. The zero-order valence-corrected chi connectivity index (χ0v) is 18.3. The van der Waals surface area contributed by atoms with Crippen LogP contribution in [-0.2, 0) is 16.1 Å². The number of para-hydroxylation sites is 1. The first kappa shape index (κ1) is 24.0. The molecule has 2 amide bonds. The summed E-state index contributed by atoms with van der Waals surface area (Å²) < 4.78 is 15.1. The average molecular weight is 467 g/mol. The number of methoxy groups -OCH3 is 1. The Balaban J connectivity index is 1.71. The van der Waals surface area contributed by atoms with E-state index in [1.54, 1.807) is 36.4 Å². The fourth-order valence-corrected chi connectivity index (χ4v) is 3.03. The number of nitro groups is 1. The van der Waals surface area contributed by atoms with Crippen LogP contribution in [-0.4, -0.2) is 43.5 Å². The lowest BCUT2D eigenvalue weighted by molar-refractivity contribution is -0.385. The van der Waals surface area contributed by atoms with E-state index in [0.717, 1.165) is 13.2 Å². The highest BCUT2D eigenvalue weighted by molar-refractivity contribution is 6.04. The van der Waals surface area contributed by atoms with E-state index < -0.39 is 35.0 Å². The van der Waals surface area contributed by atoms with Crippen molar-refractivity contribution >= 4 is 29.2 Å². The van der Waals surface area contributed by atoms with Crippen LogP contribution in [0.5, 0.6) is 5.75 Å². The summed E-state index contributed by atoms with van der Waals surface area (Å²) in [6, 6.07) is 13.4. The number of esters is 1. The fourth-order valence-electron chi connectivity index (χ4n) is 3.03. The third-order valence-electron chi connectivity index (χ3n) is 4.82. The molecule has 3 aromatic rings. The van der Waals surface area contributed by atoms with Gasteiger partial charge in [-0.25, -0.2) is 4.79 Å². The van der Waals surface area contributed by atoms with E-state index in [2.05, 4.69) is 10.1 Å². The number of hydrogen-bond donors (Lipinski definition) is 1. The van der Waals surface area contributed by atoms with Crippen molar-refractivity contribution in [3.05, 3.63) is 87.9 Å². The first-order chi connectivity index (χ1) is 16.3. The van der Waals surface area contributed by atoms with Gasteiger partial charge in [0.1, 0.15) is 5.76 Å². The number of nitrogens with zero attached hydrogens (tertiary/aromatic N) is 2. The van der Waals surface area contributed by atoms with E-state index >= 15 is 0 Å². The Hall–Kier alpha value is -4.67. The molecule has 1 N–H and O–H groups in total. The largest absolute Gasteiger partial charge is 0.477 e. The minimum absolute atomic E-state index is 0.0283. The number of furan rings is 1. The van der Waals surface area contributed by atoms with Crippen molar-refractivity contribution in [1.82, 2.24) is 5.32 Å². The van der Waals surface area contributed by atoms with Gasteiger partial charge in [-0.2, -0.15) is 0 Å². The maximum atomic E-state index is 12.7. The van der Waals surface area contributed by atoms with Gasteiger partial charge in [0.05, 0.1) is 41.7 Å². The quantitative estimate of drug-likeness (QED) is 0.288. The van der Waals surface area contributed by atoms with Crippen LogP contribution < -0.4 is 15.0 Å². The number of nitro benzene ring substituents is 1. The second-order valence-electron chi connectivity index (χ2n) is 6.95. The first-order valence-corrected chi connectivity index (χ1v) is 9.97. The standard InChI is InChI=1S/C23H21N3O8/c1-25(18-8-4-3-7-17(18)22(28)24-13-16-6-5-11-33-16)21(27)14-34-20-10-9-15(23(29)32-2)12-19(20)26(30)31/h3-12H,13-14H2,1-2H3,(H,24,28). The van der Waals surface area contributed by atoms with Crippen LogP contribution in [0.1, 0.15) is 26.5 Å². The molecule has 0 radical (unpaired) electrons. The van der Waals surface area contributed by atoms with Crippen molar-refractivity contribution in [3.63, 3.8) is 0 Å². The maximum Gasteiger partial charge on any atom is 0.338 e. The molecule has 1 heterocycles. The highest BCUT2D eigenvalue weighted by Crippen LogP contribution is 2.28. The van der Waals surface area contributed by atoms with Crippen molar-refractivity contribution < 1.29 is 33.2 Å². The zero-order valence-electron chi connectivity index (χ0n) is 18.3. The Morgan fingerprint density at radius 1 is 1.12 bits per heavy atom. The second-order valence-corrected chi connectivity index (χ2v) is 6.95. The summed E-state index contributed by atoms with van der Waals surface area (Å²) in [7, 11) is 2.61. The number of likely N-dealkylation sites (N-methyl/N-ethyl adjacent to an activating group) is 1. The van der Waals surface area contributed by atoms with Gasteiger partial charge in [-0.3, -0.25) is 19.7 Å². The predicted molar refractivity (Wildman–Crippen MR) is 120 cm³/mol. The van der Waals surface area contributed by atoms with Gasteiger partial charge in [-0.15, -0.1) is 0 Å². The molecule has 34 heavy (non-hydrogen) atoms. The second kappa shape index (κ2) is 10.8. The van der Waals surface area contributed by atoms with Crippen molar-refractivity contribution in [3.8, 4) is 5.75 Å². The van der Waals surface area contributed by atoms with Gasteiger partial charge in [0, 0.05) is 13.1 Å². The molecule has 0 saturated heterocycles. The molecule has 0 spiro atoms. The fraction of sp³-hybridized carbons (Fsp3) is 0.174. The molecular weight excluding hydrogens is 446 g/mol. The summed E-state index contributed by atoms with van der Waals surface area (Å²) in [6.45, 7) is -0.372. The van der Waals surface area contributed by atoms with Crippen LogP contribution >= 0.6 is 0 Å². The summed E-state index contributed by atoms with van der Waals surface area (Å²) in [4.78, 5) is 48.9. The van der Waals surface area contributed by atoms with Gasteiger partial charge >= 0.3 is 11.7 Å². The van der Waals surface area contributed by atoms with Gasteiger partial charge in [0.2, 0.25) is 0 Å². The number of ether oxygens (including phenoxy) is 2. The number of carbonyl (C=O) groups excluding carboxylic acids is 3. The molecule has 0 aliphatic rings. The molecular formula is C23H21N3O8. The Bertz CT molecular complexity index is 1210. The molecule has 0 saturated carbocycles. The van der Waals surface area contributed by atoms with Gasteiger partial charge in [-0.05, 0) is 36.4 Å². The Morgan fingerprint density at radius 3 is 2.56 bits per heavy atom. The summed E-state index contributed by atoms with van der Waals surface area (Å²) in [5, 5.41) is 14.1. The van der Waals surface area contributed by atoms with Crippen LogP contribution in [0.2, 0.25) is 0 Å². The van der Waals surface area contributed by atoms with E-state index in [9.17, 15) is 24.5 Å². The molecule has 11 nitrogen and oxygen atoms in total. The van der Waals surface area contributed by atoms with E-state index in [4.69, 9.17) is 9.15 Å².